The molecule has 186 valence electrons. The third kappa shape index (κ3) is 5.54. The van der Waals surface area contributed by atoms with Crippen molar-refractivity contribution in [2.24, 2.45) is 0 Å². The highest BCUT2D eigenvalue weighted by Gasteiger charge is 2.15. The number of nitrogens with one attached hydrogen (secondary N) is 2. The Balaban J connectivity index is 1.53. The summed E-state index contributed by atoms with van der Waals surface area (Å²) in [5.41, 5.74) is 4.20. The summed E-state index contributed by atoms with van der Waals surface area (Å²) in [4.78, 5) is 17.1. The summed E-state index contributed by atoms with van der Waals surface area (Å²) in [5, 5.41) is 6.74. The van der Waals surface area contributed by atoms with Crippen molar-refractivity contribution in [3.8, 4) is 23.0 Å². The van der Waals surface area contributed by atoms with Crippen molar-refractivity contribution in [1.29, 1.82) is 0 Å². The molecule has 1 unspecified atom stereocenters. The zero-order chi connectivity index (χ0) is 25.8. The number of ether oxygens (including phenoxy) is 3. The summed E-state index contributed by atoms with van der Waals surface area (Å²) in [6.07, 6.45) is 1.69. The average Bonchev–Trinajstić information content (AvgIpc) is 2.86. The SMILES string of the molecule is COc1cc2nccc(Oc3cc(C)c(NC(=O)NC(C)c4cccc(Br)c4)cc3C)c2cc1OC. The molecule has 3 aromatic carbocycles. The van der Waals surface area contributed by atoms with Gasteiger partial charge >= 0.3 is 6.03 Å². The average molecular weight is 550 g/mol. The highest BCUT2D eigenvalue weighted by atomic mass is 79.9. The molecule has 7 nitrogen and oxygen atoms in total. The second-order valence-electron chi connectivity index (χ2n) is 8.44. The molecule has 0 spiro atoms. The highest BCUT2D eigenvalue weighted by Crippen LogP contribution is 2.38. The Morgan fingerprint density at radius 3 is 2.39 bits per heavy atom. The highest BCUT2D eigenvalue weighted by molar-refractivity contribution is 9.10. The lowest BCUT2D eigenvalue weighted by atomic mass is 10.1. The fraction of sp³-hybridized carbons (Fsp3) is 0.214. The number of anilines is 1. The summed E-state index contributed by atoms with van der Waals surface area (Å²) in [6.45, 7) is 5.81. The molecule has 36 heavy (non-hydrogen) atoms. The fourth-order valence-corrected chi connectivity index (χ4v) is 4.32. The molecule has 0 saturated carbocycles. The second kappa shape index (κ2) is 10.9. The first-order chi connectivity index (χ1) is 17.3. The van der Waals surface area contributed by atoms with Gasteiger partial charge in [0.1, 0.15) is 11.5 Å². The summed E-state index contributed by atoms with van der Waals surface area (Å²) >= 11 is 3.47. The number of carbonyl (C=O) groups is 1. The van der Waals surface area contributed by atoms with Crippen molar-refractivity contribution in [1.82, 2.24) is 10.3 Å². The van der Waals surface area contributed by atoms with E-state index in [1.807, 2.05) is 75.4 Å². The van der Waals surface area contributed by atoms with Crippen molar-refractivity contribution in [2.75, 3.05) is 19.5 Å². The molecular formula is C28H28BrN3O4. The predicted molar refractivity (Wildman–Crippen MR) is 146 cm³/mol. The zero-order valence-electron chi connectivity index (χ0n) is 20.8. The fourth-order valence-electron chi connectivity index (χ4n) is 3.90. The maximum atomic E-state index is 12.7. The lowest BCUT2D eigenvalue weighted by Crippen LogP contribution is -2.31. The summed E-state index contributed by atoms with van der Waals surface area (Å²) in [6, 6.07) is 16.7. The van der Waals surface area contributed by atoms with Crippen LogP contribution in [0, 0.1) is 13.8 Å². The van der Waals surface area contributed by atoms with Crippen LogP contribution < -0.4 is 24.8 Å². The number of amides is 2. The number of aromatic nitrogens is 1. The molecule has 0 aliphatic carbocycles. The van der Waals surface area contributed by atoms with E-state index in [0.717, 1.165) is 32.1 Å². The minimum atomic E-state index is -0.278. The number of aryl methyl sites for hydroxylation is 2. The van der Waals surface area contributed by atoms with Crippen molar-refractivity contribution in [2.45, 2.75) is 26.8 Å². The number of fused-ring (bicyclic) bond motifs is 1. The van der Waals surface area contributed by atoms with E-state index in [4.69, 9.17) is 14.2 Å². The molecule has 0 saturated heterocycles. The van der Waals surface area contributed by atoms with Crippen LogP contribution in [0.5, 0.6) is 23.0 Å². The molecule has 8 heteroatoms. The summed E-state index contributed by atoms with van der Waals surface area (Å²) < 4.78 is 18.1. The first-order valence-electron chi connectivity index (χ1n) is 11.4. The molecule has 0 aliphatic heterocycles. The van der Waals surface area contributed by atoms with Crippen LogP contribution in [0.2, 0.25) is 0 Å². The number of methoxy groups -OCH3 is 2. The quantitative estimate of drug-likeness (QED) is 0.252. The molecule has 2 N–H and O–H groups in total. The van der Waals surface area contributed by atoms with Crippen LogP contribution >= 0.6 is 15.9 Å². The van der Waals surface area contributed by atoms with Crippen LogP contribution in [0.15, 0.2) is 65.3 Å². The molecule has 0 aliphatic rings. The van der Waals surface area contributed by atoms with Gasteiger partial charge in [-0.05, 0) is 73.9 Å². The Kier molecular flexibility index (Phi) is 7.64. The number of hydrogen-bond acceptors (Lipinski definition) is 5. The van der Waals surface area contributed by atoms with E-state index in [-0.39, 0.29) is 12.1 Å². The van der Waals surface area contributed by atoms with Gasteiger partial charge in [0, 0.05) is 27.8 Å². The van der Waals surface area contributed by atoms with Crippen molar-refractivity contribution < 1.29 is 19.0 Å². The van der Waals surface area contributed by atoms with Gasteiger partial charge in [-0.1, -0.05) is 28.1 Å². The molecule has 4 rings (SSSR count). The Morgan fingerprint density at radius 1 is 0.917 bits per heavy atom. The molecule has 0 bridgehead atoms. The largest absolute Gasteiger partial charge is 0.493 e. The molecular weight excluding hydrogens is 522 g/mol. The van der Waals surface area contributed by atoms with Gasteiger partial charge in [-0.2, -0.15) is 0 Å². The maximum absolute atomic E-state index is 12.7. The number of hydrogen-bond donors (Lipinski definition) is 2. The number of rotatable bonds is 7. The number of nitrogens with zero attached hydrogens (tertiary/aromatic N) is 1. The van der Waals surface area contributed by atoms with E-state index in [9.17, 15) is 4.79 Å². The van der Waals surface area contributed by atoms with Gasteiger partial charge in [0.2, 0.25) is 0 Å². The van der Waals surface area contributed by atoms with E-state index in [1.165, 1.54) is 0 Å². The van der Waals surface area contributed by atoms with Crippen molar-refractivity contribution in [3.05, 3.63) is 82.0 Å². The van der Waals surface area contributed by atoms with Gasteiger partial charge < -0.3 is 24.8 Å². The normalized spacial score (nSPS) is 11.6. The van der Waals surface area contributed by atoms with Gasteiger partial charge in [-0.3, -0.25) is 4.98 Å². The Morgan fingerprint density at radius 2 is 1.67 bits per heavy atom. The van der Waals surface area contributed by atoms with Crippen molar-refractivity contribution in [3.63, 3.8) is 0 Å². The number of benzene rings is 3. The third-order valence-corrected chi connectivity index (χ3v) is 6.39. The van der Waals surface area contributed by atoms with Gasteiger partial charge in [-0.25, -0.2) is 4.79 Å². The molecule has 1 heterocycles. The van der Waals surface area contributed by atoms with E-state index in [2.05, 4.69) is 31.5 Å². The van der Waals surface area contributed by atoms with Crippen molar-refractivity contribution >= 4 is 38.6 Å². The Labute approximate surface area is 218 Å². The standard InChI is InChI=1S/C28H28BrN3O4/c1-16-12-25(36-24-9-10-30-23-15-27(35-5)26(34-4)14-21(23)24)17(2)11-22(16)32-28(33)31-18(3)19-7-6-8-20(29)13-19/h6-15,18H,1-5H3,(H2,31,32,33). The second-order valence-corrected chi connectivity index (χ2v) is 9.36. The summed E-state index contributed by atoms with van der Waals surface area (Å²) in [7, 11) is 3.18. The molecule has 0 radical (unpaired) electrons. The molecule has 1 aromatic heterocycles. The minimum Gasteiger partial charge on any atom is -0.493 e. The molecule has 4 aromatic rings. The van der Waals surface area contributed by atoms with Gasteiger partial charge in [-0.15, -0.1) is 0 Å². The minimum absolute atomic E-state index is 0.151. The topological polar surface area (TPSA) is 81.7 Å². The smallest absolute Gasteiger partial charge is 0.319 e. The lowest BCUT2D eigenvalue weighted by molar-refractivity contribution is 0.249. The predicted octanol–water partition coefficient (Wildman–Crippen LogP) is 7.31. The van der Waals surface area contributed by atoms with Gasteiger partial charge in [0.25, 0.3) is 0 Å². The first kappa shape index (κ1) is 25.3. The molecule has 0 fully saturated rings. The number of urea groups is 1. The molecule has 1 atom stereocenters. The van der Waals surface area contributed by atoms with Crippen LogP contribution in [0.4, 0.5) is 10.5 Å². The maximum Gasteiger partial charge on any atom is 0.319 e. The summed E-state index contributed by atoms with van der Waals surface area (Å²) in [5.74, 6) is 2.52. The number of pyridine rings is 1. The van der Waals surface area contributed by atoms with Crippen LogP contribution in [-0.2, 0) is 0 Å². The van der Waals surface area contributed by atoms with Crippen LogP contribution in [-0.4, -0.2) is 25.2 Å². The van der Waals surface area contributed by atoms with Gasteiger partial charge in [0.15, 0.2) is 11.5 Å². The van der Waals surface area contributed by atoms with Gasteiger partial charge in [0.05, 0.1) is 25.8 Å². The van der Waals surface area contributed by atoms with E-state index < -0.39 is 0 Å². The number of halogens is 1. The molecule has 2 amide bonds. The number of carbonyl (C=O) groups excluding carboxylic acids is 1. The first-order valence-corrected chi connectivity index (χ1v) is 12.2. The Hall–Kier alpha value is -3.78. The third-order valence-electron chi connectivity index (χ3n) is 5.89. The van der Waals surface area contributed by atoms with E-state index in [0.29, 0.717) is 28.7 Å². The Bertz CT molecular complexity index is 1420. The lowest BCUT2D eigenvalue weighted by Gasteiger charge is -2.18. The van der Waals surface area contributed by atoms with Crippen LogP contribution in [0.1, 0.15) is 29.7 Å². The van der Waals surface area contributed by atoms with E-state index in [1.54, 1.807) is 20.4 Å². The van der Waals surface area contributed by atoms with Crippen LogP contribution in [0.25, 0.3) is 10.9 Å². The zero-order valence-corrected chi connectivity index (χ0v) is 22.4. The van der Waals surface area contributed by atoms with Crippen LogP contribution in [0.3, 0.4) is 0 Å². The monoisotopic (exact) mass is 549 g/mol. The van der Waals surface area contributed by atoms with E-state index >= 15 is 0 Å².